The molecular weight excluding hydrogens is 717 g/mol. The van der Waals surface area contributed by atoms with E-state index in [-0.39, 0.29) is 0 Å². The van der Waals surface area contributed by atoms with Gasteiger partial charge in [0.15, 0.2) is 0 Å². The number of hydrogen-bond donors (Lipinski definition) is 0. The number of fused-ring (bicyclic) bond motifs is 4. The van der Waals surface area contributed by atoms with Gasteiger partial charge in [0.2, 0.25) is 0 Å². The van der Waals surface area contributed by atoms with Gasteiger partial charge in [-0.25, -0.2) is 0 Å². The highest BCUT2D eigenvalue weighted by molar-refractivity contribution is 6.14. The first kappa shape index (κ1) is 34.3. The fourth-order valence-corrected chi connectivity index (χ4v) is 8.52. The monoisotopic (exact) mass is 754 g/mol. The van der Waals surface area contributed by atoms with Crippen molar-refractivity contribution in [2.45, 2.75) is 0 Å². The first-order chi connectivity index (χ1) is 29.2. The van der Waals surface area contributed by atoms with Gasteiger partial charge < -0.3 is 14.0 Å². The molecule has 0 unspecified atom stereocenters. The van der Waals surface area contributed by atoms with Crippen molar-refractivity contribution in [3.05, 3.63) is 231 Å². The Balaban J connectivity index is 1.00. The molecule has 0 spiro atoms. The number of hydrogen-bond acceptors (Lipinski definition) is 2. The van der Waals surface area contributed by atoms with Crippen molar-refractivity contribution < 1.29 is 0 Å². The maximum absolute atomic E-state index is 4.34. The molecule has 0 radical (unpaired) electrons. The molecule has 8 aromatic carbocycles. The van der Waals surface area contributed by atoms with E-state index >= 15 is 0 Å². The number of pyridine rings is 1. The van der Waals surface area contributed by atoms with E-state index in [1.807, 2.05) is 18.5 Å². The predicted molar refractivity (Wildman–Crippen MR) is 246 cm³/mol. The molecule has 0 aliphatic heterocycles. The van der Waals surface area contributed by atoms with Crippen LogP contribution >= 0.6 is 0 Å². The highest BCUT2D eigenvalue weighted by Crippen LogP contribution is 2.40. The summed E-state index contributed by atoms with van der Waals surface area (Å²) in [6.45, 7) is 0. The van der Waals surface area contributed by atoms with Gasteiger partial charge in [0.1, 0.15) is 0 Å². The molecule has 278 valence electrons. The second-order valence-electron chi connectivity index (χ2n) is 14.9. The molecule has 11 rings (SSSR count). The van der Waals surface area contributed by atoms with Crippen molar-refractivity contribution in [2.24, 2.45) is 0 Å². The number of benzene rings is 8. The zero-order valence-electron chi connectivity index (χ0n) is 32.2. The van der Waals surface area contributed by atoms with E-state index in [0.29, 0.717) is 0 Å². The lowest BCUT2D eigenvalue weighted by molar-refractivity contribution is 1.12. The van der Waals surface area contributed by atoms with Crippen LogP contribution in [0.5, 0.6) is 0 Å². The quantitative estimate of drug-likeness (QED) is 0.154. The molecule has 0 saturated heterocycles. The van der Waals surface area contributed by atoms with Crippen LogP contribution in [0.25, 0.3) is 77.5 Å². The van der Waals surface area contributed by atoms with Crippen LogP contribution in [0.2, 0.25) is 0 Å². The summed E-state index contributed by atoms with van der Waals surface area (Å²) in [5.41, 5.74) is 16.1. The molecule has 0 atom stereocenters. The van der Waals surface area contributed by atoms with Gasteiger partial charge in [-0.2, -0.15) is 0 Å². The summed E-state index contributed by atoms with van der Waals surface area (Å²) >= 11 is 0. The number of para-hydroxylation sites is 2. The molecular formula is C55H38N4. The summed E-state index contributed by atoms with van der Waals surface area (Å²) in [6.07, 6.45) is 5.90. The van der Waals surface area contributed by atoms with Gasteiger partial charge in [0.05, 0.1) is 16.6 Å². The fraction of sp³-hybridized carbons (Fsp3) is 0. The lowest BCUT2D eigenvalue weighted by atomic mass is 10.0. The van der Waals surface area contributed by atoms with Crippen LogP contribution in [0.1, 0.15) is 0 Å². The van der Waals surface area contributed by atoms with Crippen molar-refractivity contribution >= 4 is 49.8 Å². The number of anilines is 3. The van der Waals surface area contributed by atoms with Gasteiger partial charge in [-0.15, -0.1) is 0 Å². The minimum atomic E-state index is 1.08. The van der Waals surface area contributed by atoms with Crippen LogP contribution in [-0.4, -0.2) is 14.1 Å². The fourth-order valence-electron chi connectivity index (χ4n) is 8.52. The molecule has 0 aliphatic carbocycles. The molecule has 0 N–H and O–H groups in total. The number of nitrogens with zero attached hydrogens (tertiary/aromatic N) is 4. The first-order valence-electron chi connectivity index (χ1n) is 20.0. The number of rotatable bonds is 8. The summed E-state index contributed by atoms with van der Waals surface area (Å²) in [5, 5.41) is 3.68. The Labute approximate surface area is 343 Å². The summed E-state index contributed by atoms with van der Waals surface area (Å²) in [5.74, 6) is 0. The lowest BCUT2D eigenvalue weighted by Gasteiger charge is -2.26. The minimum absolute atomic E-state index is 1.08. The molecule has 4 nitrogen and oxygen atoms in total. The van der Waals surface area contributed by atoms with Crippen molar-refractivity contribution in [1.29, 1.82) is 0 Å². The summed E-state index contributed by atoms with van der Waals surface area (Å²) in [6, 6.07) is 76.3. The molecule has 3 aromatic heterocycles. The van der Waals surface area contributed by atoms with Crippen LogP contribution in [0.4, 0.5) is 17.1 Å². The zero-order valence-corrected chi connectivity index (χ0v) is 32.2. The third-order valence-electron chi connectivity index (χ3n) is 11.4. The van der Waals surface area contributed by atoms with Gasteiger partial charge in [0, 0.05) is 63.2 Å². The molecule has 11 aromatic rings. The van der Waals surface area contributed by atoms with E-state index in [1.165, 1.54) is 55.0 Å². The maximum Gasteiger partial charge on any atom is 0.0562 e. The van der Waals surface area contributed by atoms with Gasteiger partial charge >= 0.3 is 0 Å². The predicted octanol–water partition coefficient (Wildman–Crippen LogP) is 14.6. The SMILES string of the molecule is c1ccc(-c2ccc(N(c3ccc(-c4cccnc4)cc3)c3ccc(-c4ccc5c(c4)c4cc6ccn(-c7ccccc7)c6cc4n5-c4ccccc4)cc3)cc2)cc1. The molecule has 0 saturated carbocycles. The van der Waals surface area contributed by atoms with E-state index in [9.17, 15) is 0 Å². The second-order valence-corrected chi connectivity index (χ2v) is 14.9. The van der Waals surface area contributed by atoms with Crippen LogP contribution in [0.3, 0.4) is 0 Å². The lowest BCUT2D eigenvalue weighted by Crippen LogP contribution is -2.09. The molecule has 3 heterocycles. The Morgan fingerprint density at radius 3 is 1.47 bits per heavy atom. The average Bonchev–Trinajstić information content (AvgIpc) is 3.88. The first-order valence-corrected chi connectivity index (χ1v) is 20.0. The zero-order chi connectivity index (χ0) is 39.1. The highest BCUT2D eigenvalue weighted by Gasteiger charge is 2.18. The molecule has 0 fully saturated rings. The molecule has 4 heteroatoms. The van der Waals surface area contributed by atoms with Gasteiger partial charge in [-0.3, -0.25) is 4.98 Å². The Hall–Kier alpha value is -7.95. The van der Waals surface area contributed by atoms with Crippen molar-refractivity contribution in [3.63, 3.8) is 0 Å². The summed E-state index contributed by atoms with van der Waals surface area (Å²) in [7, 11) is 0. The Morgan fingerprint density at radius 2 is 0.864 bits per heavy atom. The van der Waals surface area contributed by atoms with Crippen LogP contribution in [0, 0.1) is 0 Å². The van der Waals surface area contributed by atoms with Gasteiger partial charge in [0.25, 0.3) is 0 Å². The van der Waals surface area contributed by atoms with E-state index in [4.69, 9.17) is 0 Å². The third kappa shape index (κ3) is 6.24. The van der Waals surface area contributed by atoms with Gasteiger partial charge in [-0.05, 0) is 130 Å². The Morgan fingerprint density at radius 1 is 0.356 bits per heavy atom. The van der Waals surface area contributed by atoms with Crippen LogP contribution in [0.15, 0.2) is 231 Å². The smallest absolute Gasteiger partial charge is 0.0562 e. The largest absolute Gasteiger partial charge is 0.316 e. The van der Waals surface area contributed by atoms with Crippen LogP contribution in [-0.2, 0) is 0 Å². The second kappa shape index (κ2) is 14.5. The van der Waals surface area contributed by atoms with Gasteiger partial charge in [-0.1, -0.05) is 115 Å². The summed E-state index contributed by atoms with van der Waals surface area (Å²) in [4.78, 5) is 6.67. The van der Waals surface area contributed by atoms with Crippen molar-refractivity contribution in [2.75, 3.05) is 4.90 Å². The van der Waals surface area contributed by atoms with E-state index in [0.717, 1.165) is 39.6 Å². The van der Waals surface area contributed by atoms with Crippen molar-refractivity contribution in [1.82, 2.24) is 14.1 Å². The highest BCUT2D eigenvalue weighted by atomic mass is 15.1. The third-order valence-corrected chi connectivity index (χ3v) is 11.4. The topological polar surface area (TPSA) is 26.0 Å². The maximum atomic E-state index is 4.34. The molecule has 0 amide bonds. The number of aromatic nitrogens is 3. The molecule has 59 heavy (non-hydrogen) atoms. The standard InChI is InChI=1S/C55H38N4/c1-4-11-39(12-5-1)40-18-25-48(26-19-40)58(50-29-22-42(23-30-50)45-13-10-33-56-38-45)49-27-20-41(21-28-49)43-24-31-53-51(35-43)52-36-44-32-34-57(46-14-6-2-7-15-46)54(44)37-55(52)59(53)47-16-8-3-9-17-47/h1-38H. The summed E-state index contributed by atoms with van der Waals surface area (Å²) < 4.78 is 4.69. The minimum Gasteiger partial charge on any atom is -0.316 e. The van der Waals surface area contributed by atoms with E-state index < -0.39 is 0 Å². The van der Waals surface area contributed by atoms with E-state index in [1.54, 1.807) is 0 Å². The van der Waals surface area contributed by atoms with Crippen molar-refractivity contribution in [3.8, 4) is 44.8 Å². The average molecular weight is 755 g/mol. The van der Waals surface area contributed by atoms with Crippen LogP contribution < -0.4 is 4.90 Å². The van der Waals surface area contributed by atoms with E-state index in [2.05, 4.69) is 231 Å². The Bertz CT molecular complexity index is 3120. The molecule has 0 bridgehead atoms. The Kier molecular flexibility index (Phi) is 8.45. The molecule has 0 aliphatic rings. The normalized spacial score (nSPS) is 11.4.